The smallest absolute Gasteiger partial charge is 0.152 e. The molecule has 0 aliphatic carbocycles. The van der Waals surface area contributed by atoms with E-state index in [1.165, 1.54) is 0 Å². The first-order valence-corrected chi connectivity index (χ1v) is 7.10. The highest BCUT2D eigenvalue weighted by molar-refractivity contribution is 6.33. The molecular weight excluding hydrogens is 286 g/mol. The van der Waals surface area contributed by atoms with E-state index in [0.29, 0.717) is 11.6 Å². The number of aromatic nitrogens is 2. The van der Waals surface area contributed by atoms with Gasteiger partial charge in [0.15, 0.2) is 5.76 Å². The zero-order valence-corrected chi connectivity index (χ0v) is 12.7. The molecule has 3 aromatic rings. The van der Waals surface area contributed by atoms with Crippen LogP contribution in [0.2, 0.25) is 5.02 Å². The van der Waals surface area contributed by atoms with Crippen molar-refractivity contribution in [3.63, 3.8) is 0 Å². The van der Waals surface area contributed by atoms with Gasteiger partial charge in [0.2, 0.25) is 0 Å². The number of aryl methyl sites for hydroxylation is 2. The molecule has 4 nitrogen and oxygen atoms in total. The lowest BCUT2D eigenvalue weighted by Gasteiger charge is -2.09. The van der Waals surface area contributed by atoms with Crippen LogP contribution in [0.3, 0.4) is 0 Å². The lowest BCUT2D eigenvalue weighted by atomic mass is 10.2. The molecule has 5 heteroatoms. The molecule has 0 amide bonds. The highest BCUT2D eigenvalue weighted by Crippen LogP contribution is 2.26. The molecule has 0 aliphatic heterocycles. The molecular formula is C16H16ClN3O. The summed E-state index contributed by atoms with van der Waals surface area (Å²) in [5.74, 6) is 1.66. The van der Waals surface area contributed by atoms with E-state index in [1.54, 1.807) is 6.20 Å². The van der Waals surface area contributed by atoms with Crippen LogP contribution in [0, 0.1) is 13.8 Å². The van der Waals surface area contributed by atoms with Gasteiger partial charge in [0.05, 0.1) is 16.9 Å². The van der Waals surface area contributed by atoms with Crippen molar-refractivity contribution in [3.05, 3.63) is 58.4 Å². The summed E-state index contributed by atoms with van der Waals surface area (Å²) in [7, 11) is 0. The average molecular weight is 302 g/mol. The fourth-order valence-electron chi connectivity index (χ4n) is 2.19. The SMILES string of the molecule is Cc1ccc(Cl)c(NCc2cn[nH]c2-c2ccc(C)o2)c1. The van der Waals surface area contributed by atoms with Crippen molar-refractivity contribution in [2.45, 2.75) is 20.4 Å². The quantitative estimate of drug-likeness (QED) is 0.743. The van der Waals surface area contributed by atoms with Gasteiger partial charge in [-0.25, -0.2) is 0 Å². The molecule has 1 aromatic carbocycles. The number of hydrogen-bond donors (Lipinski definition) is 2. The molecule has 2 N–H and O–H groups in total. The molecule has 0 radical (unpaired) electrons. The molecule has 108 valence electrons. The number of rotatable bonds is 4. The molecule has 0 spiro atoms. The normalized spacial score (nSPS) is 10.8. The maximum Gasteiger partial charge on any atom is 0.152 e. The van der Waals surface area contributed by atoms with Crippen LogP contribution in [0.25, 0.3) is 11.5 Å². The number of anilines is 1. The van der Waals surface area contributed by atoms with Crippen molar-refractivity contribution in [2.75, 3.05) is 5.32 Å². The minimum atomic E-state index is 0.620. The van der Waals surface area contributed by atoms with Gasteiger partial charge in [-0.15, -0.1) is 0 Å². The monoisotopic (exact) mass is 301 g/mol. The number of H-pyrrole nitrogens is 1. The van der Waals surface area contributed by atoms with Crippen LogP contribution in [0.15, 0.2) is 40.9 Å². The first-order chi connectivity index (χ1) is 10.1. The summed E-state index contributed by atoms with van der Waals surface area (Å²) in [6, 6.07) is 9.78. The Morgan fingerprint density at radius 2 is 2.10 bits per heavy atom. The Labute approximate surface area is 128 Å². The summed E-state index contributed by atoms with van der Waals surface area (Å²) >= 11 is 6.19. The second-order valence-electron chi connectivity index (χ2n) is 5.02. The predicted molar refractivity (Wildman–Crippen MR) is 84.5 cm³/mol. The largest absolute Gasteiger partial charge is 0.460 e. The highest BCUT2D eigenvalue weighted by atomic mass is 35.5. The number of furan rings is 1. The second-order valence-corrected chi connectivity index (χ2v) is 5.42. The number of hydrogen-bond acceptors (Lipinski definition) is 3. The van der Waals surface area contributed by atoms with E-state index >= 15 is 0 Å². The lowest BCUT2D eigenvalue weighted by molar-refractivity contribution is 0.545. The topological polar surface area (TPSA) is 53.9 Å². The van der Waals surface area contributed by atoms with Gasteiger partial charge < -0.3 is 9.73 Å². The fourth-order valence-corrected chi connectivity index (χ4v) is 2.38. The van der Waals surface area contributed by atoms with Gasteiger partial charge in [-0.1, -0.05) is 17.7 Å². The number of nitrogens with one attached hydrogen (secondary N) is 2. The Bertz CT molecular complexity index is 760. The maximum absolute atomic E-state index is 6.19. The Hall–Kier alpha value is -2.20. The predicted octanol–water partition coefficient (Wildman–Crippen LogP) is 4.55. The highest BCUT2D eigenvalue weighted by Gasteiger charge is 2.11. The molecule has 2 aromatic heterocycles. The molecule has 21 heavy (non-hydrogen) atoms. The first kappa shape index (κ1) is 13.8. The Morgan fingerprint density at radius 3 is 2.86 bits per heavy atom. The van der Waals surface area contributed by atoms with Gasteiger partial charge in [-0.2, -0.15) is 5.10 Å². The standard InChI is InChI=1S/C16H16ClN3O/c1-10-3-5-13(17)14(7-10)18-8-12-9-19-20-16(12)15-6-4-11(2)21-15/h3-7,9,18H,8H2,1-2H3,(H,19,20). The van der Waals surface area contributed by atoms with Crippen LogP contribution in [-0.4, -0.2) is 10.2 Å². The molecule has 2 heterocycles. The minimum absolute atomic E-state index is 0.620. The van der Waals surface area contributed by atoms with Crippen LogP contribution < -0.4 is 5.32 Å². The van der Waals surface area contributed by atoms with Crippen molar-refractivity contribution in [1.82, 2.24) is 10.2 Å². The fraction of sp³-hybridized carbons (Fsp3) is 0.188. The number of aromatic amines is 1. The molecule has 0 fully saturated rings. The second kappa shape index (κ2) is 5.66. The van der Waals surface area contributed by atoms with E-state index in [0.717, 1.165) is 34.0 Å². The van der Waals surface area contributed by atoms with Crippen molar-refractivity contribution in [1.29, 1.82) is 0 Å². The van der Waals surface area contributed by atoms with Crippen LogP contribution in [0.1, 0.15) is 16.9 Å². The van der Waals surface area contributed by atoms with E-state index in [4.69, 9.17) is 16.0 Å². The van der Waals surface area contributed by atoms with Gasteiger partial charge in [0, 0.05) is 12.1 Å². The van der Waals surface area contributed by atoms with E-state index in [9.17, 15) is 0 Å². The summed E-state index contributed by atoms with van der Waals surface area (Å²) in [6.45, 7) is 4.58. The number of nitrogens with zero attached hydrogens (tertiary/aromatic N) is 1. The molecule has 0 bridgehead atoms. The minimum Gasteiger partial charge on any atom is -0.460 e. The van der Waals surface area contributed by atoms with Crippen molar-refractivity contribution in [3.8, 4) is 11.5 Å². The summed E-state index contributed by atoms with van der Waals surface area (Å²) in [5.41, 5.74) is 4.00. The van der Waals surface area contributed by atoms with E-state index < -0.39 is 0 Å². The summed E-state index contributed by atoms with van der Waals surface area (Å²) in [6.07, 6.45) is 1.80. The van der Waals surface area contributed by atoms with Crippen LogP contribution >= 0.6 is 11.6 Å². The van der Waals surface area contributed by atoms with Gasteiger partial charge in [0.1, 0.15) is 11.5 Å². The van der Waals surface area contributed by atoms with Gasteiger partial charge in [-0.05, 0) is 43.7 Å². The summed E-state index contributed by atoms with van der Waals surface area (Å²) < 4.78 is 5.64. The van der Waals surface area contributed by atoms with Crippen LogP contribution in [-0.2, 0) is 6.54 Å². The zero-order chi connectivity index (χ0) is 14.8. The number of halogens is 1. The molecule has 0 saturated carbocycles. The van der Waals surface area contributed by atoms with Gasteiger partial charge in [0.25, 0.3) is 0 Å². The Balaban J connectivity index is 1.80. The van der Waals surface area contributed by atoms with Gasteiger partial charge in [-0.3, -0.25) is 5.10 Å². The maximum atomic E-state index is 6.19. The molecule has 0 saturated heterocycles. The number of benzene rings is 1. The third-order valence-corrected chi connectivity index (χ3v) is 3.63. The zero-order valence-electron chi connectivity index (χ0n) is 11.9. The van der Waals surface area contributed by atoms with Crippen LogP contribution in [0.4, 0.5) is 5.69 Å². The Kier molecular flexibility index (Phi) is 3.71. The molecule has 0 aliphatic rings. The third kappa shape index (κ3) is 2.95. The van der Waals surface area contributed by atoms with E-state index in [1.807, 2.05) is 44.2 Å². The van der Waals surface area contributed by atoms with Crippen LogP contribution in [0.5, 0.6) is 0 Å². The third-order valence-electron chi connectivity index (χ3n) is 3.30. The van der Waals surface area contributed by atoms with Gasteiger partial charge >= 0.3 is 0 Å². The molecule has 0 unspecified atom stereocenters. The van der Waals surface area contributed by atoms with Crippen molar-refractivity contribution < 1.29 is 4.42 Å². The first-order valence-electron chi connectivity index (χ1n) is 6.72. The summed E-state index contributed by atoms with van der Waals surface area (Å²) in [4.78, 5) is 0. The lowest BCUT2D eigenvalue weighted by Crippen LogP contribution is -2.00. The Morgan fingerprint density at radius 1 is 1.24 bits per heavy atom. The molecule has 0 atom stereocenters. The van der Waals surface area contributed by atoms with E-state index in [-0.39, 0.29) is 0 Å². The molecule has 3 rings (SSSR count). The average Bonchev–Trinajstić information content (AvgIpc) is 3.08. The van der Waals surface area contributed by atoms with Crippen molar-refractivity contribution in [2.24, 2.45) is 0 Å². The summed E-state index contributed by atoms with van der Waals surface area (Å²) in [5, 5.41) is 11.1. The van der Waals surface area contributed by atoms with E-state index in [2.05, 4.69) is 15.5 Å². The van der Waals surface area contributed by atoms with Crippen molar-refractivity contribution >= 4 is 17.3 Å².